The van der Waals surface area contributed by atoms with Crippen LogP contribution < -0.4 is 11.1 Å². The second-order valence-electron chi connectivity index (χ2n) is 9.06. The topological polar surface area (TPSA) is 114 Å². The second-order valence-corrected chi connectivity index (χ2v) is 9.06. The summed E-state index contributed by atoms with van der Waals surface area (Å²) in [4.78, 5) is 25.7. The van der Waals surface area contributed by atoms with Gasteiger partial charge in [0.15, 0.2) is 0 Å². The summed E-state index contributed by atoms with van der Waals surface area (Å²) >= 11 is 0. The average molecular weight is 530 g/mol. The third kappa shape index (κ3) is 5.08. The van der Waals surface area contributed by atoms with Crippen molar-refractivity contribution in [3.05, 3.63) is 95.4 Å². The van der Waals surface area contributed by atoms with Crippen molar-refractivity contribution in [1.82, 2.24) is 15.0 Å². The number of halogens is 3. The Balaban J connectivity index is 1.62. The first kappa shape index (κ1) is 25.7. The van der Waals surface area contributed by atoms with E-state index in [1.165, 1.54) is 12.1 Å². The highest BCUT2D eigenvalue weighted by molar-refractivity contribution is 6.06. The molecule has 4 N–H and O–H groups in total. The number of aromatic nitrogens is 3. The highest BCUT2D eigenvalue weighted by Gasteiger charge is 2.30. The number of nitrogens with zero attached hydrogens (tertiary/aromatic N) is 3. The monoisotopic (exact) mass is 529 g/mol. The molecule has 0 atom stereocenters. The largest absolute Gasteiger partial charge is 0.507 e. The van der Waals surface area contributed by atoms with Crippen molar-refractivity contribution in [2.45, 2.75) is 20.0 Å². The van der Waals surface area contributed by atoms with Gasteiger partial charge in [-0.05, 0) is 79.1 Å². The van der Waals surface area contributed by atoms with Crippen LogP contribution in [0.3, 0.4) is 0 Å². The molecule has 2 aromatic heterocycles. The van der Waals surface area contributed by atoms with Gasteiger partial charge in [0, 0.05) is 40.3 Å². The summed E-state index contributed by atoms with van der Waals surface area (Å²) in [7, 11) is 0. The van der Waals surface area contributed by atoms with Gasteiger partial charge in [-0.1, -0.05) is 12.1 Å². The number of pyridine rings is 1. The Bertz CT molecular complexity index is 1750. The molecule has 5 aromatic rings. The number of nitrogen functional groups attached to an aromatic ring is 1. The van der Waals surface area contributed by atoms with E-state index in [1.54, 1.807) is 42.7 Å². The number of phenols is 1. The van der Waals surface area contributed by atoms with Crippen LogP contribution in [0.2, 0.25) is 0 Å². The molecular formula is C29H22F3N5O2. The van der Waals surface area contributed by atoms with Gasteiger partial charge in [-0.25, -0.2) is 9.97 Å². The van der Waals surface area contributed by atoms with E-state index in [-0.39, 0.29) is 22.9 Å². The number of amides is 1. The first-order valence-corrected chi connectivity index (χ1v) is 11.8. The molecule has 39 heavy (non-hydrogen) atoms. The third-order valence-corrected chi connectivity index (χ3v) is 6.29. The molecule has 0 radical (unpaired) electrons. The minimum atomic E-state index is -4.54. The highest BCUT2D eigenvalue weighted by atomic mass is 19.4. The number of carbonyl (C=O) groups excluding carboxylic acids is 1. The molecule has 10 heteroatoms. The van der Waals surface area contributed by atoms with Crippen molar-refractivity contribution in [3.8, 4) is 28.0 Å². The normalized spacial score (nSPS) is 11.5. The number of alkyl halides is 3. The summed E-state index contributed by atoms with van der Waals surface area (Å²) in [6.07, 6.45) is -1.36. The smallest absolute Gasteiger partial charge is 0.416 e. The fraction of sp³-hybridized carbons (Fsp3) is 0.103. The summed E-state index contributed by atoms with van der Waals surface area (Å²) in [6, 6.07) is 14.5. The summed E-state index contributed by atoms with van der Waals surface area (Å²) in [5.74, 6) is -0.632. The minimum absolute atomic E-state index is 0.00980. The maximum atomic E-state index is 13.1. The van der Waals surface area contributed by atoms with Gasteiger partial charge < -0.3 is 16.2 Å². The number of nitrogens with two attached hydrogens (primary N) is 1. The van der Waals surface area contributed by atoms with Crippen molar-refractivity contribution in [2.75, 3.05) is 11.1 Å². The maximum absolute atomic E-state index is 13.1. The van der Waals surface area contributed by atoms with Crippen LogP contribution in [0.1, 0.15) is 27.2 Å². The molecule has 0 spiro atoms. The Morgan fingerprint density at radius 1 is 0.974 bits per heavy atom. The minimum Gasteiger partial charge on any atom is -0.507 e. The molecule has 0 saturated heterocycles. The first-order valence-electron chi connectivity index (χ1n) is 11.8. The molecular weight excluding hydrogens is 507 g/mol. The van der Waals surface area contributed by atoms with Crippen molar-refractivity contribution in [1.29, 1.82) is 0 Å². The van der Waals surface area contributed by atoms with Gasteiger partial charge in [0.25, 0.3) is 5.91 Å². The average Bonchev–Trinajstić information content (AvgIpc) is 2.88. The van der Waals surface area contributed by atoms with Gasteiger partial charge in [-0.2, -0.15) is 13.2 Å². The zero-order chi connectivity index (χ0) is 27.9. The second kappa shape index (κ2) is 9.71. The van der Waals surface area contributed by atoms with Crippen molar-refractivity contribution in [3.63, 3.8) is 0 Å². The molecule has 0 unspecified atom stereocenters. The molecule has 1 amide bonds. The van der Waals surface area contributed by atoms with Crippen LogP contribution in [0.25, 0.3) is 33.2 Å². The number of anilines is 2. The SMILES string of the molecule is Cc1cc(-c2c(O)c(-c3cc(C(=O)Nc4cccc(C(F)(F)F)c4)ccc3C)cc3cnc(N)nc23)ccn1. The molecule has 0 aliphatic carbocycles. The van der Waals surface area contributed by atoms with E-state index >= 15 is 0 Å². The molecule has 196 valence electrons. The lowest BCUT2D eigenvalue weighted by atomic mass is 9.91. The Kier molecular flexibility index (Phi) is 6.39. The van der Waals surface area contributed by atoms with E-state index in [1.807, 2.05) is 19.9 Å². The standard InChI is InChI=1S/C29H22F3N5O2/c1-15-6-7-18(27(39)36-21-5-3-4-20(13-21)29(30,31)32)11-22(15)23-12-19-14-35-28(33)37-25(19)24(26(23)38)17-8-9-34-16(2)10-17/h3-14,38H,1-2H3,(H,36,39)(H2,33,35,37). The van der Waals surface area contributed by atoms with Crippen LogP contribution in [0.5, 0.6) is 5.75 Å². The number of fused-ring (bicyclic) bond motifs is 1. The Morgan fingerprint density at radius 3 is 2.51 bits per heavy atom. The summed E-state index contributed by atoms with van der Waals surface area (Å²) < 4.78 is 39.3. The molecule has 3 aromatic carbocycles. The zero-order valence-electron chi connectivity index (χ0n) is 20.8. The summed E-state index contributed by atoms with van der Waals surface area (Å²) in [5, 5.41) is 14.7. The quantitative estimate of drug-likeness (QED) is 0.244. The number of carbonyl (C=O) groups is 1. The molecule has 0 fully saturated rings. The van der Waals surface area contributed by atoms with E-state index in [2.05, 4.69) is 20.3 Å². The van der Waals surface area contributed by atoms with Gasteiger partial charge in [0.05, 0.1) is 16.6 Å². The fourth-order valence-corrected chi connectivity index (χ4v) is 4.39. The third-order valence-electron chi connectivity index (χ3n) is 6.29. The number of aromatic hydroxyl groups is 1. The van der Waals surface area contributed by atoms with Crippen LogP contribution in [0.4, 0.5) is 24.8 Å². The van der Waals surface area contributed by atoms with E-state index in [0.717, 1.165) is 23.4 Å². The molecule has 0 aliphatic rings. The van der Waals surface area contributed by atoms with Crippen molar-refractivity contribution in [2.24, 2.45) is 0 Å². The van der Waals surface area contributed by atoms with Crippen LogP contribution in [0.15, 0.2) is 73.1 Å². The Labute approximate surface area is 221 Å². The van der Waals surface area contributed by atoms with Gasteiger partial charge in [0.2, 0.25) is 5.95 Å². The Hall–Kier alpha value is -4.99. The summed E-state index contributed by atoms with van der Waals surface area (Å²) in [5.41, 5.74) is 9.20. The van der Waals surface area contributed by atoms with Gasteiger partial charge in [-0.15, -0.1) is 0 Å². The highest BCUT2D eigenvalue weighted by Crippen LogP contribution is 2.44. The number of rotatable bonds is 4. The molecule has 0 saturated carbocycles. The van der Waals surface area contributed by atoms with E-state index < -0.39 is 17.6 Å². The van der Waals surface area contributed by atoms with Crippen molar-refractivity contribution < 1.29 is 23.1 Å². The van der Waals surface area contributed by atoms with Gasteiger partial charge in [-0.3, -0.25) is 9.78 Å². The predicted octanol–water partition coefficient (Wildman–Crippen LogP) is 6.53. The number of aryl methyl sites for hydroxylation is 2. The van der Waals surface area contributed by atoms with Crippen LogP contribution >= 0.6 is 0 Å². The molecule has 5 rings (SSSR count). The lowest BCUT2D eigenvalue weighted by molar-refractivity contribution is -0.137. The molecule has 0 bridgehead atoms. The fourth-order valence-electron chi connectivity index (χ4n) is 4.39. The molecule has 7 nitrogen and oxygen atoms in total. The molecule has 0 aliphatic heterocycles. The van der Waals surface area contributed by atoms with E-state index in [4.69, 9.17) is 5.73 Å². The number of benzene rings is 3. The molecule has 2 heterocycles. The zero-order valence-corrected chi connectivity index (χ0v) is 20.8. The van der Waals surface area contributed by atoms with Gasteiger partial charge in [0.1, 0.15) is 5.75 Å². The van der Waals surface area contributed by atoms with Crippen LogP contribution in [-0.2, 0) is 6.18 Å². The summed E-state index contributed by atoms with van der Waals surface area (Å²) in [6.45, 7) is 3.65. The van der Waals surface area contributed by atoms with Gasteiger partial charge >= 0.3 is 6.18 Å². The van der Waals surface area contributed by atoms with Crippen molar-refractivity contribution >= 4 is 28.4 Å². The maximum Gasteiger partial charge on any atom is 0.416 e. The van der Waals surface area contributed by atoms with Crippen LogP contribution in [0, 0.1) is 13.8 Å². The number of hydrogen-bond donors (Lipinski definition) is 3. The van der Waals surface area contributed by atoms with E-state index in [0.29, 0.717) is 33.2 Å². The Morgan fingerprint density at radius 2 is 1.77 bits per heavy atom. The first-order chi connectivity index (χ1) is 18.5. The predicted molar refractivity (Wildman–Crippen MR) is 143 cm³/mol. The number of hydrogen-bond acceptors (Lipinski definition) is 6. The lowest BCUT2D eigenvalue weighted by Gasteiger charge is -2.16. The lowest BCUT2D eigenvalue weighted by Crippen LogP contribution is -2.13. The number of phenolic OH excluding ortho intramolecular Hbond substituents is 1. The van der Waals surface area contributed by atoms with Crippen LogP contribution in [-0.4, -0.2) is 26.0 Å². The number of nitrogens with one attached hydrogen (secondary N) is 1. The van der Waals surface area contributed by atoms with E-state index in [9.17, 15) is 23.1 Å².